The largest absolute Gasteiger partial charge is 0.322 e. The van der Waals surface area contributed by atoms with E-state index in [1.54, 1.807) is 37.3 Å². The number of hydrogen-bond acceptors (Lipinski definition) is 5. The first-order valence-corrected chi connectivity index (χ1v) is 10.9. The maximum atomic E-state index is 12.9. The molecule has 2 N–H and O–H groups in total. The molecule has 3 aromatic rings. The summed E-state index contributed by atoms with van der Waals surface area (Å²) in [6.07, 6.45) is 0. The Kier molecular flexibility index (Phi) is 6.28. The maximum absolute atomic E-state index is 12.9. The Morgan fingerprint density at radius 3 is 2.39 bits per heavy atom. The third-order valence-electron chi connectivity index (χ3n) is 4.41. The maximum Gasteiger partial charge on any atom is 0.270 e. The van der Waals surface area contributed by atoms with Crippen molar-refractivity contribution in [2.75, 3.05) is 10.0 Å². The fourth-order valence-corrected chi connectivity index (χ4v) is 4.47. The molecule has 0 aliphatic heterocycles. The van der Waals surface area contributed by atoms with Crippen LogP contribution in [0.15, 0.2) is 65.6 Å². The number of nitrogens with zero attached hydrogens (tertiary/aromatic N) is 1. The van der Waals surface area contributed by atoms with Crippen LogP contribution < -0.4 is 10.0 Å². The van der Waals surface area contributed by atoms with E-state index < -0.39 is 20.9 Å². The number of non-ortho nitro benzene ring substituents is 1. The summed E-state index contributed by atoms with van der Waals surface area (Å²) in [5, 5.41) is 13.3. The van der Waals surface area contributed by atoms with E-state index in [0.29, 0.717) is 11.3 Å². The minimum Gasteiger partial charge on any atom is -0.322 e. The molecule has 0 atom stereocenters. The molecule has 3 rings (SSSR count). The standard InChI is InChI=1S/C21H18ClN3O5S/c1-13-4-3-5-16(10-13)24-31(29,30)20-11-15(7-6-14(20)2)23-21(26)18-9-8-17(25(27)28)12-19(18)22/h3-12,24H,1-2H3,(H,23,26). The van der Waals surface area contributed by atoms with Gasteiger partial charge in [-0.3, -0.25) is 19.6 Å². The lowest BCUT2D eigenvalue weighted by atomic mass is 10.1. The highest BCUT2D eigenvalue weighted by Crippen LogP contribution is 2.26. The normalized spacial score (nSPS) is 11.1. The van der Waals surface area contributed by atoms with E-state index in [2.05, 4.69) is 10.0 Å². The van der Waals surface area contributed by atoms with Crippen LogP contribution in [0.25, 0.3) is 0 Å². The van der Waals surface area contributed by atoms with Gasteiger partial charge >= 0.3 is 0 Å². The van der Waals surface area contributed by atoms with Crippen LogP contribution in [0.5, 0.6) is 0 Å². The van der Waals surface area contributed by atoms with Crippen molar-refractivity contribution in [3.63, 3.8) is 0 Å². The monoisotopic (exact) mass is 459 g/mol. The number of halogens is 1. The molecule has 0 aliphatic carbocycles. The fraction of sp³-hybridized carbons (Fsp3) is 0.0952. The lowest BCUT2D eigenvalue weighted by Crippen LogP contribution is -2.16. The van der Waals surface area contributed by atoms with Crippen LogP contribution in [0.3, 0.4) is 0 Å². The average molecular weight is 460 g/mol. The second-order valence-corrected chi connectivity index (χ2v) is 8.89. The van der Waals surface area contributed by atoms with Gasteiger partial charge in [-0.1, -0.05) is 29.8 Å². The Labute approximate surface area is 184 Å². The van der Waals surface area contributed by atoms with Crippen molar-refractivity contribution in [1.82, 2.24) is 0 Å². The number of aryl methyl sites for hydroxylation is 2. The molecule has 0 aromatic heterocycles. The topological polar surface area (TPSA) is 118 Å². The van der Waals surface area contributed by atoms with E-state index in [1.807, 2.05) is 13.0 Å². The zero-order chi connectivity index (χ0) is 22.8. The van der Waals surface area contributed by atoms with Gasteiger partial charge in [0.15, 0.2) is 0 Å². The summed E-state index contributed by atoms with van der Waals surface area (Å²) in [6.45, 7) is 3.49. The Balaban J connectivity index is 1.87. The molecule has 0 heterocycles. The van der Waals surface area contributed by atoms with Crippen molar-refractivity contribution in [2.24, 2.45) is 0 Å². The minimum absolute atomic E-state index is 0.00148. The van der Waals surface area contributed by atoms with E-state index in [1.165, 1.54) is 12.1 Å². The third-order valence-corrected chi connectivity index (χ3v) is 6.25. The molecule has 0 saturated heterocycles. The SMILES string of the molecule is Cc1cccc(NS(=O)(=O)c2cc(NC(=O)c3ccc([N+](=O)[O-])cc3Cl)ccc2C)c1. The van der Waals surface area contributed by atoms with E-state index in [0.717, 1.165) is 17.7 Å². The number of nitrogens with one attached hydrogen (secondary N) is 2. The predicted molar refractivity (Wildman–Crippen MR) is 119 cm³/mol. The summed E-state index contributed by atoms with van der Waals surface area (Å²) in [7, 11) is -3.91. The summed E-state index contributed by atoms with van der Waals surface area (Å²) in [6, 6.07) is 14.9. The molecule has 31 heavy (non-hydrogen) atoms. The Hall–Kier alpha value is -3.43. The highest BCUT2D eigenvalue weighted by molar-refractivity contribution is 7.92. The molecule has 3 aromatic carbocycles. The number of benzene rings is 3. The molecular weight excluding hydrogens is 442 g/mol. The molecule has 0 aliphatic rings. The van der Waals surface area contributed by atoms with Crippen LogP contribution in [0.2, 0.25) is 5.02 Å². The van der Waals surface area contributed by atoms with Gasteiger partial charge in [-0.2, -0.15) is 0 Å². The van der Waals surface area contributed by atoms with Crippen LogP contribution in [0.4, 0.5) is 17.1 Å². The smallest absolute Gasteiger partial charge is 0.270 e. The number of carbonyl (C=O) groups excluding carboxylic acids is 1. The summed E-state index contributed by atoms with van der Waals surface area (Å²) in [4.78, 5) is 22.8. The Bertz CT molecular complexity index is 1290. The van der Waals surface area contributed by atoms with Crippen molar-refractivity contribution < 1.29 is 18.1 Å². The van der Waals surface area contributed by atoms with Gasteiger partial charge in [0.1, 0.15) is 0 Å². The number of carbonyl (C=O) groups is 1. The van der Waals surface area contributed by atoms with Crippen molar-refractivity contribution in [1.29, 1.82) is 0 Å². The molecule has 160 valence electrons. The van der Waals surface area contributed by atoms with Crippen molar-refractivity contribution in [3.8, 4) is 0 Å². The quantitative estimate of drug-likeness (QED) is 0.400. The van der Waals surface area contributed by atoms with Gasteiger partial charge in [-0.15, -0.1) is 0 Å². The molecule has 0 radical (unpaired) electrons. The zero-order valence-corrected chi connectivity index (χ0v) is 18.1. The predicted octanol–water partition coefficient (Wildman–Crippen LogP) is 4.92. The van der Waals surface area contributed by atoms with Crippen LogP contribution >= 0.6 is 11.6 Å². The number of hydrogen-bond donors (Lipinski definition) is 2. The molecular formula is C21H18ClN3O5S. The Morgan fingerprint density at radius 2 is 1.74 bits per heavy atom. The number of nitro groups is 1. The second kappa shape index (κ2) is 8.75. The first-order valence-electron chi connectivity index (χ1n) is 9.02. The Morgan fingerprint density at radius 1 is 1.00 bits per heavy atom. The van der Waals surface area contributed by atoms with Crippen LogP contribution in [-0.4, -0.2) is 19.2 Å². The molecule has 0 fully saturated rings. The first kappa shape index (κ1) is 22.3. The molecule has 8 nitrogen and oxygen atoms in total. The number of sulfonamides is 1. The third kappa shape index (κ3) is 5.19. The van der Waals surface area contributed by atoms with E-state index >= 15 is 0 Å². The molecule has 1 amide bonds. The summed E-state index contributed by atoms with van der Waals surface area (Å²) < 4.78 is 28.3. The van der Waals surface area contributed by atoms with Gasteiger partial charge in [0.05, 0.1) is 20.4 Å². The fourth-order valence-electron chi connectivity index (χ4n) is 2.89. The average Bonchev–Trinajstić information content (AvgIpc) is 2.68. The number of anilines is 2. The van der Waals surface area contributed by atoms with E-state index in [-0.39, 0.29) is 26.9 Å². The second-order valence-electron chi connectivity index (χ2n) is 6.83. The van der Waals surface area contributed by atoms with Gasteiger partial charge in [0, 0.05) is 23.5 Å². The highest BCUT2D eigenvalue weighted by Gasteiger charge is 2.20. The van der Waals surface area contributed by atoms with Crippen molar-refractivity contribution in [3.05, 3.63) is 92.5 Å². The molecule has 0 unspecified atom stereocenters. The summed E-state index contributed by atoms with van der Waals surface area (Å²) in [5.41, 5.74) is 1.83. The first-order chi connectivity index (χ1) is 14.6. The van der Waals surface area contributed by atoms with Crippen LogP contribution in [0, 0.1) is 24.0 Å². The van der Waals surface area contributed by atoms with E-state index in [4.69, 9.17) is 11.6 Å². The van der Waals surface area contributed by atoms with Crippen LogP contribution in [0.1, 0.15) is 21.5 Å². The van der Waals surface area contributed by atoms with Gasteiger partial charge in [0.25, 0.3) is 21.6 Å². The van der Waals surface area contributed by atoms with Crippen molar-refractivity contribution in [2.45, 2.75) is 18.7 Å². The van der Waals surface area contributed by atoms with Gasteiger partial charge in [-0.25, -0.2) is 8.42 Å². The van der Waals surface area contributed by atoms with Gasteiger partial charge in [-0.05, 0) is 55.3 Å². The number of rotatable bonds is 6. The highest BCUT2D eigenvalue weighted by atomic mass is 35.5. The summed E-state index contributed by atoms with van der Waals surface area (Å²) in [5.74, 6) is -0.626. The molecule has 0 spiro atoms. The lowest BCUT2D eigenvalue weighted by Gasteiger charge is -2.13. The van der Waals surface area contributed by atoms with E-state index in [9.17, 15) is 23.3 Å². The molecule has 0 bridgehead atoms. The van der Waals surface area contributed by atoms with Gasteiger partial charge in [0.2, 0.25) is 0 Å². The van der Waals surface area contributed by atoms with Gasteiger partial charge < -0.3 is 5.32 Å². The number of nitro benzene ring substituents is 1. The molecule has 0 saturated carbocycles. The van der Waals surface area contributed by atoms with Crippen molar-refractivity contribution >= 4 is 44.6 Å². The zero-order valence-electron chi connectivity index (χ0n) is 16.5. The number of amides is 1. The summed E-state index contributed by atoms with van der Waals surface area (Å²) >= 11 is 6.00. The minimum atomic E-state index is -3.91. The molecule has 10 heteroatoms. The van der Waals surface area contributed by atoms with Crippen LogP contribution in [-0.2, 0) is 10.0 Å². The lowest BCUT2D eigenvalue weighted by molar-refractivity contribution is -0.384.